The minimum absolute atomic E-state index is 0.00296. The van der Waals surface area contributed by atoms with Crippen LogP contribution in [-0.2, 0) is 0 Å². The quantitative estimate of drug-likeness (QED) is 0.658. The fourth-order valence-electron chi connectivity index (χ4n) is 2.79. The summed E-state index contributed by atoms with van der Waals surface area (Å²) in [5.74, 6) is 1.55. The second-order valence-corrected chi connectivity index (χ2v) is 6.62. The monoisotopic (exact) mass is 327 g/mol. The fraction of sp³-hybridized carbons (Fsp3) is 0.667. The predicted octanol–water partition coefficient (Wildman–Crippen LogP) is 4.03. The van der Waals surface area contributed by atoms with Crippen LogP contribution >= 0.6 is 15.9 Å². The molecule has 106 valence electrons. The van der Waals surface area contributed by atoms with E-state index < -0.39 is 0 Å². The molecule has 1 N–H and O–H groups in total. The van der Waals surface area contributed by atoms with Gasteiger partial charge in [-0.05, 0) is 33.6 Å². The molecule has 1 heterocycles. The van der Waals surface area contributed by atoms with Gasteiger partial charge in [-0.15, -0.1) is 0 Å². The second kappa shape index (κ2) is 6.12. The third-order valence-corrected chi connectivity index (χ3v) is 5.13. The van der Waals surface area contributed by atoms with E-state index >= 15 is 0 Å². The van der Waals surface area contributed by atoms with Crippen LogP contribution in [0, 0.1) is 20.8 Å². The van der Waals surface area contributed by atoms with Gasteiger partial charge in [-0.3, -0.25) is 4.79 Å². The van der Waals surface area contributed by atoms with Crippen LogP contribution in [0.2, 0.25) is 0 Å². The average Bonchev–Trinajstić information content (AvgIpc) is 2.51. The van der Waals surface area contributed by atoms with Crippen molar-refractivity contribution in [1.29, 1.82) is 0 Å². The van der Waals surface area contributed by atoms with Gasteiger partial charge < -0.3 is 9.73 Å². The highest BCUT2D eigenvalue weighted by atomic mass is 79.9. The summed E-state index contributed by atoms with van der Waals surface area (Å²) >= 11 is 3.71. The topological polar surface area (TPSA) is 42.2 Å². The Kier molecular flexibility index (Phi) is 4.71. The highest BCUT2D eigenvalue weighted by molar-refractivity contribution is 9.09. The number of amides is 1. The number of nitrogens with one attached hydrogen (secondary N) is 1. The van der Waals surface area contributed by atoms with Gasteiger partial charge in [0.1, 0.15) is 11.5 Å². The third-order valence-electron chi connectivity index (χ3n) is 4.04. The lowest BCUT2D eigenvalue weighted by Crippen LogP contribution is -2.40. The number of furan rings is 1. The number of carbonyl (C=O) groups is 1. The van der Waals surface area contributed by atoms with Crippen molar-refractivity contribution in [3.05, 3.63) is 22.6 Å². The molecule has 0 aromatic carbocycles. The molecule has 1 saturated carbocycles. The van der Waals surface area contributed by atoms with E-state index in [2.05, 4.69) is 21.2 Å². The van der Waals surface area contributed by atoms with Crippen molar-refractivity contribution in [3.63, 3.8) is 0 Å². The summed E-state index contributed by atoms with van der Waals surface area (Å²) in [5.41, 5.74) is 1.66. The highest BCUT2D eigenvalue weighted by Crippen LogP contribution is 2.25. The van der Waals surface area contributed by atoms with Gasteiger partial charge >= 0.3 is 0 Å². The molecule has 19 heavy (non-hydrogen) atoms. The molecule has 4 heteroatoms. The van der Waals surface area contributed by atoms with Crippen LogP contribution in [0.3, 0.4) is 0 Å². The molecule has 1 aromatic heterocycles. The Hall–Kier alpha value is -0.770. The van der Waals surface area contributed by atoms with Gasteiger partial charge in [-0.2, -0.15) is 0 Å². The van der Waals surface area contributed by atoms with Crippen LogP contribution in [0.5, 0.6) is 0 Å². The number of carbonyl (C=O) groups excluding carboxylic acids is 1. The van der Waals surface area contributed by atoms with E-state index in [-0.39, 0.29) is 11.9 Å². The van der Waals surface area contributed by atoms with Crippen molar-refractivity contribution in [2.45, 2.75) is 63.7 Å². The lowest BCUT2D eigenvalue weighted by atomic mass is 10.1. The van der Waals surface area contributed by atoms with Gasteiger partial charge in [-0.1, -0.05) is 35.2 Å². The number of alkyl halides is 1. The Morgan fingerprint density at radius 2 is 1.84 bits per heavy atom. The maximum Gasteiger partial charge on any atom is 0.255 e. The fourth-order valence-corrected chi connectivity index (χ4v) is 3.51. The van der Waals surface area contributed by atoms with Crippen LogP contribution in [-0.4, -0.2) is 16.8 Å². The van der Waals surface area contributed by atoms with E-state index in [0.717, 1.165) is 24.2 Å². The molecule has 2 rings (SSSR count). The Balaban J connectivity index is 2.11. The molecule has 1 aliphatic rings. The maximum atomic E-state index is 12.4. The Bertz CT molecular complexity index is 467. The second-order valence-electron chi connectivity index (χ2n) is 5.45. The van der Waals surface area contributed by atoms with Gasteiger partial charge in [0.15, 0.2) is 0 Å². The standard InChI is InChI=1S/C15H22BrNO2/c1-9-10(2)19-11(3)14(9)15(18)17-13-8-6-4-5-7-12(13)16/h12-13H,4-8H2,1-3H3,(H,17,18). The van der Waals surface area contributed by atoms with Gasteiger partial charge in [0, 0.05) is 16.4 Å². The van der Waals surface area contributed by atoms with Crippen LogP contribution in [0.4, 0.5) is 0 Å². The van der Waals surface area contributed by atoms with Crippen molar-refractivity contribution in [3.8, 4) is 0 Å². The SMILES string of the molecule is Cc1oc(C)c(C(=O)NC2CCCCCC2Br)c1C. The molecular weight excluding hydrogens is 306 g/mol. The lowest BCUT2D eigenvalue weighted by molar-refractivity contribution is 0.0933. The maximum absolute atomic E-state index is 12.4. The molecule has 0 spiro atoms. The molecule has 1 amide bonds. The molecular formula is C15H22BrNO2. The summed E-state index contributed by atoms with van der Waals surface area (Å²) in [5, 5.41) is 3.17. The molecule has 2 unspecified atom stereocenters. The molecule has 0 saturated heterocycles. The molecule has 0 aliphatic heterocycles. The lowest BCUT2D eigenvalue weighted by Gasteiger charge is -2.21. The zero-order valence-electron chi connectivity index (χ0n) is 11.9. The first-order chi connectivity index (χ1) is 9.00. The van der Waals surface area contributed by atoms with Crippen molar-refractivity contribution in [2.24, 2.45) is 0 Å². The predicted molar refractivity (Wildman–Crippen MR) is 80.0 cm³/mol. The summed E-state index contributed by atoms with van der Waals surface area (Å²) in [6.45, 7) is 5.70. The zero-order chi connectivity index (χ0) is 14.0. The van der Waals surface area contributed by atoms with Crippen molar-refractivity contribution in [2.75, 3.05) is 0 Å². The Labute approximate surface area is 123 Å². The number of halogens is 1. The molecule has 1 fully saturated rings. The largest absolute Gasteiger partial charge is 0.466 e. The summed E-state index contributed by atoms with van der Waals surface area (Å²) in [6, 6.07) is 0.226. The third kappa shape index (κ3) is 3.22. The summed E-state index contributed by atoms with van der Waals surface area (Å²) in [4.78, 5) is 12.8. The van der Waals surface area contributed by atoms with Crippen LogP contribution in [0.15, 0.2) is 4.42 Å². The van der Waals surface area contributed by atoms with Gasteiger partial charge in [0.25, 0.3) is 5.91 Å². The molecule has 2 atom stereocenters. The number of hydrogen-bond donors (Lipinski definition) is 1. The van der Waals surface area contributed by atoms with E-state index in [1.165, 1.54) is 19.3 Å². The first kappa shape index (κ1) is 14.6. The average molecular weight is 328 g/mol. The van der Waals surface area contributed by atoms with E-state index in [9.17, 15) is 4.79 Å². The van der Waals surface area contributed by atoms with E-state index in [4.69, 9.17) is 4.42 Å². The van der Waals surface area contributed by atoms with Crippen molar-refractivity contribution >= 4 is 21.8 Å². The van der Waals surface area contributed by atoms with Crippen molar-refractivity contribution < 1.29 is 9.21 Å². The minimum Gasteiger partial charge on any atom is -0.466 e. The first-order valence-corrected chi connectivity index (χ1v) is 7.93. The normalized spacial score (nSPS) is 24.0. The van der Waals surface area contributed by atoms with Crippen LogP contribution < -0.4 is 5.32 Å². The Morgan fingerprint density at radius 3 is 2.47 bits per heavy atom. The number of rotatable bonds is 2. The highest BCUT2D eigenvalue weighted by Gasteiger charge is 2.26. The molecule has 3 nitrogen and oxygen atoms in total. The minimum atomic E-state index is 0.00296. The van der Waals surface area contributed by atoms with Crippen molar-refractivity contribution in [1.82, 2.24) is 5.32 Å². The van der Waals surface area contributed by atoms with Gasteiger partial charge in [-0.25, -0.2) is 0 Å². The summed E-state index contributed by atoms with van der Waals surface area (Å²) < 4.78 is 5.53. The van der Waals surface area contributed by atoms with Gasteiger partial charge in [0.2, 0.25) is 0 Å². The summed E-state index contributed by atoms with van der Waals surface area (Å²) in [6.07, 6.45) is 5.88. The number of hydrogen-bond acceptors (Lipinski definition) is 2. The van der Waals surface area contributed by atoms with E-state index in [1.807, 2.05) is 20.8 Å². The first-order valence-electron chi connectivity index (χ1n) is 7.02. The van der Waals surface area contributed by atoms with Crippen LogP contribution in [0.1, 0.15) is 59.5 Å². The van der Waals surface area contributed by atoms with Gasteiger partial charge in [0.05, 0.1) is 5.56 Å². The number of aryl methyl sites for hydroxylation is 2. The smallest absolute Gasteiger partial charge is 0.255 e. The molecule has 0 radical (unpaired) electrons. The van der Waals surface area contributed by atoms with E-state index in [0.29, 0.717) is 16.2 Å². The summed E-state index contributed by atoms with van der Waals surface area (Å²) in [7, 11) is 0. The zero-order valence-corrected chi connectivity index (χ0v) is 13.5. The molecule has 1 aromatic rings. The molecule has 1 aliphatic carbocycles. The van der Waals surface area contributed by atoms with E-state index in [1.54, 1.807) is 0 Å². The Morgan fingerprint density at radius 1 is 1.16 bits per heavy atom. The van der Waals surface area contributed by atoms with Crippen LogP contribution in [0.25, 0.3) is 0 Å². The molecule has 0 bridgehead atoms.